The van der Waals surface area contributed by atoms with E-state index < -0.39 is 0 Å². The Balaban J connectivity index is 0.000000569. The van der Waals surface area contributed by atoms with Crippen molar-refractivity contribution in [2.24, 2.45) is 17.3 Å². The monoisotopic (exact) mass is 447 g/mol. The van der Waals surface area contributed by atoms with E-state index in [4.69, 9.17) is 0 Å². The van der Waals surface area contributed by atoms with Crippen molar-refractivity contribution in [2.45, 2.75) is 112 Å². The van der Waals surface area contributed by atoms with E-state index in [2.05, 4.69) is 65.0 Å². The number of benzene rings is 1. The van der Waals surface area contributed by atoms with E-state index in [0.29, 0.717) is 23.5 Å². The lowest BCUT2D eigenvalue weighted by Crippen LogP contribution is -2.43. The first-order valence-corrected chi connectivity index (χ1v) is 13.8. The van der Waals surface area contributed by atoms with Gasteiger partial charge in [-0.25, -0.2) is 0 Å². The van der Waals surface area contributed by atoms with Gasteiger partial charge in [-0.2, -0.15) is 0 Å². The number of Topliss-reactive ketones (excluding diaryl/α,β-unsaturated/α-hetero) is 1. The average molecular weight is 448 g/mol. The molecule has 2 fully saturated rings. The Hall–Kier alpha value is -1.63. The number of hydrogen-bond acceptors (Lipinski definition) is 1. The molecule has 4 unspecified atom stereocenters. The first kappa shape index (κ1) is 26.0. The van der Waals surface area contributed by atoms with E-state index in [9.17, 15) is 4.79 Å². The van der Waals surface area contributed by atoms with Gasteiger partial charge >= 0.3 is 0 Å². The van der Waals surface area contributed by atoms with Crippen molar-refractivity contribution in [3.05, 3.63) is 64.1 Å². The van der Waals surface area contributed by atoms with Crippen LogP contribution in [0.4, 0.5) is 0 Å². The highest BCUT2D eigenvalue weighted by atomic mass is 16.1. The lowest BCUT2D eigenvalue weighted by atomic mass is 9.54. The van der Waals surface area contributed by atoms with Crippen LogP contribution in [-0.2, 0) is 11.2 Å². The zero-order valence-electron chi connectivity index (χ0n) is 22.4. The molecule has 0 spiro atoms. The van der Waals surface area contributed by atoms with Gasteiger partial charge in [0.2, 0.25) is 0 Å². The minimum Gasteiger partial charge on any atom is -0.299 e. The molecule has 0 amide bonds. The molecule has 181 valence electrons. The molecular weight excluding hydrogens is 400 g/mol. The first-order chi connectivity index (χ1) is 15.9. The Bertz CT molecular complexity index is 888. The predicted molar refractivity (Wildman–Crippen MR) is 142 cm³/mol. The van der Waals surface area contributed by atoms with Crippen LogP contribution in [0.25, 0.3) is 0 Å². The van der Waals surface area contributed by atoms with E-state index in [1.807, 2.05) is 13.8 Å². The minimum atomic E-state index is -0.108. The van der Waals surface area contributed by atoms with Gasteiger partial charge in [-0.1, -0.05) is 101 Å². The average Bonchev–Trinajstić information content (AvgIpc) is 3.48. The number of allylic oxidation sites excluding steroid dienone is 4. The lowest BCUT2D eigenvalue weighted by molar-refractivity contribution is -0.128. The first-order valence-electron chi connectivity index (χ1n) is 13.8. The van der Waals surface area contributed by atoms with Gasteiger partial charge in [-0.15, -0.1) is 0 Å². The summed E-state index contributed by atoms with van der Waals surface area (Å²) in [5.41, 5.74) is 7.51. The van der Waals surface area contributed by atoms with Crippen LogP contribution in [0.5, 0.6) is 0 Å². The van der Waals surface area contributed by atoms with Crippen molar-refractivity contribution < 1.29 is 4.79 Å². The van der Waals surface area contributed by atoms with Crippen LogP contribution in [0.15, 0.2) is 41.5 Å². The second-order valence-corrected chi connectivity index (χ2v) is 10.7. The minimum absolute atomic E-state index is 0.108. The predicted octanol–water partition coefficient (Wildman–Crippen LogP) is 9.10. The number of ketones is 1. The van der Waals surface area contributed by atoms with Crippen LogP contribution in [0, 0.1) is 30.1 Å². The number of fused-ring (bicyclic) bond motifs is 5. The largest absolute Gasteiger partial charge is 0.299 e. The van der Waals surface area contributed by atoms with Crippen LogP contribution in [0.2, 0.25) is 0 Å². The summed E-state index contributed by atoms with van der Waals surface area (Å²) in [5.74, 6) is 3.88. The second-order valence-electron chi connectivity index (χ2n) is 10.7. The summed E-state index contributed by atoms with van der Waals surface area (Å²) in [7, 11) is 0. The fraction of sp³-hybridized carbons (Fsp3) is 0.625. The maximum atomic E-state index is 12.9. The van der Waals surface area contributed by atoms with E-state index in [1.54, 1.807) is 28.2 Å². The van der Waals surface area contributed by atoms with E-state index in [1.165, 1.54) is 37.7 Å². The van der Waals surface area contributed by atoms with Crippen molar-refractivity contribution in [2.75, 3.05) is 0 Å². The molecule has 33 heavy (non-hydrogen) atoms. The molecule has 4 aliphatic carbocycles. The van der Waals surface area contributed by atoms with E-state index in [-0.39, 0.29) is 5.41 Å². The molecule has 0 aromatic heterocycles. The Morgan fingerprint density at radius 3 is 2.52 bits per heavy atom. The van der Waals surface area contributed by atoms with Crippen molar-refractivity contribution in [3.8, 4) is 0 Å². The van der Waals surface area contributed by atoms with Crippen molar-refractivity contribution in [1.29, 1.82) is 0 Å². The van der Waals surface area contributed by atoms with Crippen molar-refractivity contribution in [1.82, 2.24) is 0 Å². The Kier molecular flexibility index (Phi) is 8.82. The zero-order chi connectivity index (χ0) is 24.2. The molecule has 0 N–H and O–H groups in total. The van der Waals surface area contributed by atoms with Crippen molar-refractivity contribution in [3.63, 3.8) is 0 Å². The SMILES string of the molecule is CC.CCC.CCC[C]1C=C1C/C=C1\CC2(C)C(=O)CCC2C2CCc3cc(C)ccc3C12. The molecule has 1 heteroatoms. The molecule has 0 aliphatic heterocycles. The number of carbonyl (C=O) groups is 1. The summed E-state index contributed by atoms with van der Waals surface area (Å²) < 4.78 is 0. The van der Waals surface area contributed by atoms with Gasteiger partial charge in [-0.05, 0) is 68.4 Å². The summed E-state index contributed by atoms with van der Waals surface area (Å²) in [6, 6.07) is 7.11. The quantitative estimate of drug-likeness (QED) is 0.421. The molecule has 5 rings (SSSR count). The molecule has 1 nitrogen and oxygen atoms in total. The molecule has 4 aliphatic rings. The summed E-state index contributed by atoms with van der Waals surface area (Å²) in [6.07, 6.45) is 15.0. The number of aryl methyl sites for hydroxylation is 2. The van der Waals surface area contributed by atoms with Crippen molar-refractivity contribution >= 4 is 5.78 Å². The smallest absolute Gasteiger partial charge is 0.139 e. The van der Waals surface area contributed by atoms with Gasteiger partial charge in [0, 0.05) is 23.7 Å². The van der Waals surface area contributed by atoms with E-state index >= 15 is 0 Å². The summed E-state index contributed by atoms with van der Waals surface area (Å²) in [4.78, 5) is 12.9. The summed E-state index contributed by atoms with van der Waals surface area (Å²) in [6.45, 7) is 15.0. The van der Waals surface area contributed by atoms with E-state index in [0.717, 1.165) is 25.7 Å². The maximum absolute atomic E-state index is 12.9. The highest BCUT2D eigenvalue weighted by molar-refractivity contribution is 5.87. The zero-order valence-corrected chi connectivity index (χ0v) is 22.4. The third kappa shape index (κ3) is 5.23. The van der Waals surface area contributed by atoms with Gasteiger partial charge in [0.05, 0.1) is 0 Å². The standard InChI is InChI=1S/C27H33O.C3H8.C2H6/c1-4-5-18-15-19(18)7-8-21-16-27(3)24(12-13-25(27)28)23-11-9-20-14-17(2)6-10-22(20)26(21)23;1-3-2;1-2/h6,8,10,14-15,23-24,26H,4-5,7,9,11-13,16H2,1-3H3;3H2,1-2H3;1-2H3/b21-8+;;. The molecule has 1 radical (unpaired) electrons. The molecule has 4 atom stereocenters. The Labute approximate surface area is 204 Å². The number of carbonyl (C=O) groups excluding carboxylic acids is 1. The molecule has 2 saturated carbocycles. The van der Waals surface area contributed by atoms with Gasteiger partial charge in [0.25, 0.3) is 0 Å². The summed E-state index contributed by atoms with van der Waals surface area (Å²) in [5, 5.41) is 0. The van der Waals surface area contributed by atoms with Crippen LogP contribution in [0.1, 0.15) is 116 Å². The van der Waals surface area contributed by atoms with Gasteiger partial charge in [0.1, 0.15) is 5.78 Å². The third-order valence-electron chi connectivity index (χ3n) is 8.22. The fourth-order valence-electron chi connectivity index (χ4n) is 6.74. The van der Waals surface area contributed by atoms with Gasteiger partial charge < -0.3 is 0 Å². The topological polar surface area (TPSA) is 17.1 Å². The molecule has 1 aromatic rings. The highest BCUT2D eigenvalue weighted by Gasteiger charge is 2.56. The third-order valence-corrected chi connectivity index (χ3v) is 8.22. The van der Waals surface area contributed by atoms with Crippen LogP contribution < -0.4 is 0 Å². The summed E-state index contributed by atoms with van der Waals surface area (Å²) >= 11 is 0. The Morgan fingerprint density at radius 2 is 1.82 bits per heavy atom. The number of rotatable bonds is 4. The van der Waals surface area contributed by atoms with Crippen LogP contribution >= 0.6 is 0 Å². The number of hydrogen-bond donors (Lipinski definition) is 0. The van der Waals surface area contributed by atoms with Gasteiger partial charge in [-0.3, -0.25) is 4.79 Å². The molecule has 0 heterocycles. The normalized spacial score (nSPS) is 30.8. The maximum Gasteiger partial charge on any atom is 0.139 e. The molecule has 0 saturated heterocycles. The lowest BCUT2D eigenvalue weighted by Gasteiger charge is -2.49. The molecule has 0 bridgehead atoms. The second kappa shape index (κ2) is 11.2. The van der Waals surface area contributed by atoms with Crippen LogP contribution in [0.3, 0.4) is 0 Å². The fourth-order valence-corrected chi connectivity index (χ4v) is 6.74. The Morgan fingerprint density at radius 1 is 1.09 bits per heavy atom. The van der Waals surface area contributed by atoms with Crippen LogP contribution in [-0.4, -0.2) is 5.78 Å². The highest BCUT2D eigenvalue weighted by Crippen LogP contribution is 2.61. The molecule has 1 aromatic carbocycles. The molecular formula is C32H47O. The van der Waals surface area contributed by atoms with Gasteiger partial charge in [0.15, 0.2) is 0 Å².